The maximum Gasteiger partial charge on any atom is 0.326 e. The Morgan fingerprint density at radius 3 is 2.55 bits per heavy atom. The van der Waals surface area contributed by atoms with Gasteiger partial charge in [-0.1, -0.05) is 0 Å². The van der Waals surface area contributed by atoms with Crippen molar-refractivity contribution in [3.63, 3.8) is 0 Å². The quantitative estimate of drug-likeness (QED) is 0.481. The van der Waals surface area contributed by atoms with Gasteiger partial charge in [-0.15, -0.1) is 0 Å². The molecule has 0 aliphatic heterocycles. The van der Waals surface area contributed by atoms with Gasteiger partial charge in [0.2, 0.25) is 0 Å². The predicted molar refractivity (Wildman–Crippen MR) is 65.9 cm³/mol. The normalized spacial score (nSPS) is 12.2. The topological polar surface area (TPSA) is 96.9 Å². The van der Waals surface area contributed by atoms with E-state index in [1.165, 1.54) is 7.11 Å². The second-order valence-electron chi connectivity index (χ2n) is 3.89. The Morgan fingerprint density at radius 2 is 2.00 bits per heavy atom. The molecule has 0 spiro atoms. The van der Waals surface area contributed by atoms with Gasteiger partial charge in [0, 0.05) is 20.3 Å². The lowest BCUT2D eigenvalue weighted by molar-refractivity contribution is -0.139. The lowest BCUT2D eigenvalue weighted by Crippen LogP contribution is -2.46. The smallest absolute Gasteiger partial charge is 0.326 e. The molecule has 0 rings (SSSR count). The van der Waals surface area contributed by atoms with Gasteiger partial charge in [-0.05, 0) is 12.8 Å². The van der Waals surface area contributed by atoms with Crippen molar-refractivity contribution in [1.82, 2.24) is 10.6 Å². The molecule has 0 aromatic carbocycles. The Balaban J connectivity index is 3.81. The van der Waals surface area contributed by atoms with Crippen molar-refractivity contribution in [2.24, 2.45) is 0 Å². The SMILES string of the molecule is COCCCC(NC(=O)NCCOCC(F)F)C(=O)O. The first-order valence-corrected chi connectivity index (χ1v) is 6.09. The number of carbonyl (C=O) groups excluding carboxylic acids is 1. The number of hydrogen-bond acceptors (Lipinski definition) is 4. The molecule has 0 aromatic heterocycles. The average Bonchev–Trinajstić information content (AvgIpc) is 2.36. The first-order chi connectivity index (χ1) is 9.47. The van der Waals surface area contributed by atoms with Gasteiger partial charge in [-0.2, -0.15) is 0 Å². The molecule has 9 heteroatoms. The maximum atomic E-state index is 11.7. The molecule has 0 saturated heterocycles. The molecule has 0 saturated carbocycles. The van der Waals surface area contributed by atoms with Crippen molar-refractivity contribution in [3.8, 4) is 0 Å². The van der Waals surface area contributed by atoms with Crippen LogP contribution in [-0.2, 0) is 14.3 Å². The molecule has 7 nitrogen and oxygen atoms in total. The summed E-state index contributed by atoms with van der Waals surface area (Å²) < 4.78 is 32.8. The number of rotatable bonds is 11. The second kappa shape index (κ2) is 11.4. The molecule has 0 aliphatic carbocycles. The van der Waals surface area contributed by atoms with Crippen LogP contribution in [0.3, 0.4) is 0 Å². The van der Waals surface area contributed by atoms with Crippen LogP contribution in [0.2, 0.25) is 0 Å². The summed E-state index contributed by atoms with van der Waals surface area (Å²) in [5.41, 5.74) is 0. The molecule has 0 fully saturated rings. The fraction of sp³-hybridized carbons (Fsp3) is 0.818. The highest BCUT2D eigenvalue weighted by atomic mass is 19.3. The first-order valence-electron chi connectivity index (χ1n) is 6.09. The van der Waals surface area contributed by atoms with E-state index in [1.807, 2.05) is 0 Å². The number of carboxylic acid groups (broad SMARTS) is 1. The summed E-state index contributed by atoms with van der Waals surface area (Å²) in [5.74, 6) is -1.15. The zero-order valence-electron chi connectivity index (χ0n) is 11.2. The number of urea groups is 1. The number of hydrogen-bond donors (Lipinski definition) is 3. The number of aliphatic carboxylic acids is 1. The maximum absolute atomic E-state index is 11.7. The van der Waals surface area contributed by atoms with Crippen molar-refractivity contribution < 1.29 is 33.0 Å². The highest BCUT2D eigenvalue weighted by molar-refractivity contribution is 5.82. The fourth-order valence-electron chi connectivity index (χ4n) is 1.31. The van der Waals surface area contributed by atoms with E-state index < -0.39 is 31.1 Å². The molecule has 1 atom stereocenters. The molecule has 20 heavy (non-hydrogen) atoms. The number of methoxy groups -OCH3 is 1. The van der Waals surface area contributed by atoms with Crippen LogP contribution in [0.4, 0.5) is 13.6 Å². The van der Waals surface area contributed by atoms with Gasteiger partial charge in [0.1, 0.15) is 12.6 Å². The summed E-state index contributed by atoms with van der Waals surface area (Å²) in [5, 5.41) is 13.5. The van der Waals surface area contributed by atoms with Crippen molar-refractivity contribution >= 4 is 12.0 Å². The Labute approximate surface area is 115 Å². The van der Waals surface area contributed by atoms with Crippen LogP contribution < -0.4 is 10.6 Å². The second-order valence-corrected chi connectivity index (χ2v) is 3.89. The van der Waals surface area contributed by atoms with E-state index in [0.29, 0.717) is 13.0 Å². The largest absolute Gasteiger partial charge is 0.480 e. The van der Waals surface area contributed by atoms with E-state index in [1.54, 1.807) is 0 Å². The number of halogens is 2. The van der Waals surface area contributed by atoms with Crippen LogP contribution in [0.1, 0.15) is 12.8 Å². The van der Waals surface area contributed by atoms with E-state index >= 15 is 0 Å². The van der Waals surface area contributed by atoms with E-state index in [9.17, 15) is 18.4 Å². The number of carboxylic acids is 1. The number of alkyl halides is 2. The Morgan fingerprint density at radius 1 is 1.30 bits per heavy atom. The molecule has 3 N–H and O–H groups in total. The standard InChI is InChI=1S/C11H20F2N2O5/c1-19-5-2-3-8(10(16)17)15-11(18)14-4-6-20-7-9(12)13/h8-9H,2-7H2,1H3,(H,16,17)(H2,14,15,18). The number of carbonyl (C=O) groups is 2. The van der Waals surface area contributed by atoms with Crippen LogP contribution in [0.15, 0.2) is 0 Å². The third-order valence-corrected chi connectivity index (χ3v) is 2.22. The van der Waals surface area contributed by atoms with Crippen molar-refractivity contribution in [2.75, 3.05) is 33.5 Å². The highest BCUT2D eigenvalue weighted by Gasteiger charge is 2.19. The summed E-state index contributed by atoms with van der Waals surface area (Å²) in [7, 11) is 1.50. The van der Waals surface area contributed by atoms with E-state index in [4.69, 9.17) is 9.84 Å². The monoisotopic (exact) mass is 298 g/mol. The first kappa shape index (κ1) is 18.5. The van der Waals surface area contributed by atoms with Crippen molar-refractivity contribution in [2.45, 2.75) is 25.3 Å². The fourth-order valence-corrected chi connectivity index (χ4v) is 1.31. The van der Waals surface area contributed by atoms with Gasteiger partial charge < -0.3 is 25.2 Å². The van der Waals surface area contributed by atoms with Gasteiger partial charge >= 0.3 is 12.0 Å². The Bertz CT molecular complexity index is 292. The predicted octanol–water partition coefficient (Wildman–Crippen LogP) is 0.447. The minimum atomic E-state index is -2.55. The van der Waals surface area contributed by atoms with E-state index in [0.717, 1.165) is 0 Å². The van der Waals surface area contributed by atoms with E-state index in [2.05, 4.69) is 15.4 Å². The minimum Gasteiger partial charge on any atom is -0.480 e. The van der Waals surface area contributed by atoms with Crippen molar-refractivity contribution in [3.05, 3.63) is 0 Å². The third kappa shape index (κ3) is 10.4. The van der Waals surface area contributed by atoms with Crippen molar-refractivity contribution in [1.29, 1.82) is 0 Å². The zero-order chi connectivity index (χ0) is 15.4. The number of nitrogens with one attached hydrogen (secondary N) is 2. The Kier molecular flexibility index (Phi) is 10.5. The van der Waals surface area contributed by atoms with Crippen LogP contribution in [0.25, 0.3) is 0 Å². The van der Waals surface area contributed by atoms with Gasteiger partial charge in [0.15, 0.2) is 0 Å². The molecule has 0 heterocycles. The molecule has 1 unspecified atom stereocenters. The zero-order valence-corrected chi connectivity index (χ0v) is 11.2. The van der Waals surface area contributed by atoms with Crippen LogP contribution in [0.5, 0.6) is 0 Å². The van der Waals surface area contributed by atoms with Gasteiger partial charge in [-0.25, -0.2) is 18.4 Å². The average molecular weight is 298 g/mol. The number of ether oxygens (including phenoxy) is 2. The van der Waals surface area contributed by atoms with Gasteiger partial charge in [0.25, 0.3) is 6.43 Å². The minimum absolute atomic E-state index is 0.0168. The Hall–Kier alpha value is -1.48. The van der Waals surface area contributed by atoms with Crippen LogP contribution in [-0.4, -0.2) is 63.0 Å². The molecule has 0 radical (unpaired) electrons. The molecule has 118 valence electrons. The summed E-state index contributed by atoms with van der Waals surface area (Å²) in [4.78, 5) is 22.3. The summed E-state index contributed by atoms with van der Waals surface area (Å²) >= 11 is 0. The summed E-state index contributed by atoms with van der Waals surface area (Å²) in [6.07, 6.45) is -1.83. The molecule has 0 bridgehead atoms. The molecular weight excluding hydrogens is 278 g/mol. The lowest BCUT2D eigenvalue weighted by Gasteiger charge is -2.15. The van der Waals surface area contributed by atoms with E-state index in [-0.39, 0.29) is 19.6 Å². The highest BCUT2D eigenvalue weighted by Crippen LogP contribution is 1.98. The molecule has 0 aromatic rings. The van der Waals surface area contributed by atoms with Gasteiger partial charge in [-0.3, -0.25) is 0 Å². The molecular formula is C11H20F2N2O5. The molecule has 0 aliphatic rings. The molecule has 2 amide bonds. The summed E-state index contributed by atoms with van der Waals surface area (Å²) in [6, 6.07) is -1.71. The third-order valence-electron chi connectivity index (χ3n) is 2.22. The number of amides is 2. The van der Waals surface area contributed by atoms with Crippen LogP contribution >= 0.6 is 0 Å². The lowest BCUT2D eigenvalue weighted by atomic mass is 10.1. The van der Waals surface area contributed by atoms with Gasteiger partial charge in [0.05, 0.1) is 6.61 Å². The van der Waals surface area contributed by atoms with Crippen LogP contribution in [0, 0.1) is 0 Å². The summed E-state index contributed by atoms with van der Waals surface area (Å²) in [6.45, 7) is -0.352.